The minimum Gasteiger partial charge on any atom is -0.489 e. The van der Waals surface area contributed by atoms with Gasteiger partial charge in [-0.05, 0) is 19.1 Å². The molecule has 1 aromatic heterocycles. The summed E-state index contributed by atoms with van der Waals surface area (Å²) in [5.41, 5.74) is 1.03. The largest absolute Gasteiger partial charge is 0.489 e. The highest BCUT2D eigenvalue weighted by Crippen LogP contribution is 2.22. The highest BCUT2D eigenvalue weighted by molar-refractivity contribution is 6.30. The Balaban J connectivity index is 2.15. The molecule has 106 valence electrons. The van der Waals surface area contributed by atoms with Crippen LogP contribution in [0.1, 0.15) is 21.6 Å². The molecule has 0 saturated heterocycles. The number of carboxylic acid groups (broad SMARTS) is 1. The molecule has 2 rings (SSSR count). The van der Waals surface area contributed by atoms with Crippen molar-refractivity contribution in [2.75, 3.05) is 0 Å². The first-order chi connectivity index (χ1) is 9.40. The Morgan fingerprint density at radius 3 is 2.75 bits per heavy atom. The number of rotatable bonds is 4. The number of halogens is 2. The second-order valence-electron chi connectivity index (χ2n) is 4.21. The first-order valence-electron chi connectivity index (χ1n) is 5.73. The zero-order chi connectivity index (χ0) is 14.9. The Morgan fingerprint density at radius 1 is 1.55 bits per heavy atom. The van der Waals surface area contributed by atoms with Crippen LogP contribution in [0.4, 0.5) is 4.39 Å². The lowest BCUT2D eigenvalue weighted by atomic mass is 10.2. The molecule has 0 spiro atoms. The van der Waals surface area contributed by atoms with Gasteiger partial charge in [-0.15, -0.1) is 0 Å². The van der Waals surface area contributed by atoms with Gasteiger partial charge in [0.2, 0.25) is 0 Å². The monoisotopic (exact) mass is 298 g/mol. The SMILES string of the molecule is Cc1nn(C)c(Cl)c1COc1ccc(C(=O)O)c(F)c1. The summed E-state index contributed by atoms with van der Waals surface area (Å²) in [5, 5.41) is 13.3. The maximum atomic E-state index is 13.5. The highest BCUT2D eigenvalue weighted by atomic mass is 35.5. The van der Waals surface area contributed by atoms with Crippen LogP contribution in [0.5, 0.6) is 5.75 Å². The van der Waals surface area contributed by atoms with Gasteiger partial charge in [-0.1, -0.05) is 11.6 Å². The summed E-state index contributed by atoms with van der Waals surface area (Å²) in [6.45, 7) is 1.92. The van der Waals surface area contributed by atoms with E-state index in [4.69, 9.17) is 21.4 Å². The number of hydrogen-bond donors (Lipinski definition) is 1. The molecule has 2 aromatic rings. The molecule has 0 amide bonds. The van der Waals surface area contributed by atoms with Crippen molar-refractivity contribution in [1.82, 2.24) is 9.78 Å². The van der Waals surface area contributed by atoms with Crippen molar-refractivity contribution in [3.8, 4) is 5.75 Å². The van der Waals surface area contributed by atoms with Gasteiger partial charge in [0.05, 0.1) is 11.3 Å². The van der Waals surface area contributed by atoms with Crippen LogP contribution < -0.4 is 4.74 Å². The van der Waals surface area contributed by atoms with E-state index in [1.165, 1.54) is 10.7 Å². The average molecular weight is 299 g/mol. The van der Waals surface area contributed by atoms with Gasteiger partial charge in [0, 0.05) is 18.7 Å². The Kier molecular flexibility index (Phi) is 3.94. The lowest BCUT2D eigenvalue weighted by Crippen LogP contribution is -2.02. The number of benzene rings is 1. The van der Waals surface area contributed by atoms with E-state index in [0.29, 0.717) is 10.7 Å². The Morgan fingerprint density at radius 2 is 2.25 bits per heavy atom. The standard InChI is InChI=1S/C13H12ClFN2O3/c1-7-10(12(14)17(2)16-7)6-20-8-3-4-9(13(18)19)11(15)5-8/h3-5H,6H2,1-2H3,(H,18,19). The number of ether oxygens (including phenoxy) is 1. The van der Waals surface area contributed by atoms with Crippen LogP contribution in [-0.2, 0) is 13.7 Å². The van der Waals surface area contributed by atoms with Gasteiger partial charge in [-0.3, -0.25) is 4.68 Å². The lowest BCUT2D eigenvalue weighted by Gasteiger charge is -2.07. The van der Waals surface area contributed by atoms with E-state index in [-0.39, 0.29) is 12.4 Å². The predicted octanol–water partition coefficient (Wildman–Crippen LogP) is 2.80. The smallest absolute Gasteiger partial charge is 0.338 e. The first-order valence-corrected chi connectivity index (χ1v) is 6.11. The zero-order valence-electron chi connectivity index (χ0n) is 10.9. The van der Waals surface area contributed by atoms with Crippen LogP contribution in [0.3, 0.4) is 0 Å². The first kappa shape index (κ1) is 14.3. The summed E-state index contributed by atoms with van der Waals surface area (Å²) in [4.78, 5) is 10.7. The molecule has 7 heteroatoms. The van der Waals surface area contributed by atoms with Crippen LogP contribution in [0.2, 0.25) is 5.15 Å². The lowest BCUT2D eigenvalue weighted by molar-refractivity contribution is 0.0692. The van der Waals surface area contributed by atoms with Gasteiger partial charge in [0.1, 0.15) is 23.3 Å². The molecule has 0 saturated carbocycles. The zero-order valence-corrected chi connectivity index (χ0v) is 11.6. The summed E-state index contributed by atoms with van der Waals surface area (Å²) in [6, 6.07) is 3.58. The van der Waals surface area contributed by atoms with Gasteiger partial charge in [0.25, 0.3) is 0 Å². The number of aromatic nitrogens is 2. The maximum absolute atomic E-state index is 13.5. The molecular formula is C13H12ClFN2O3. The quantitative estimate of drug-likeness (QED) is 0.942. The topological polar surface area (TPSA) is 64.4 Å². The molecule has 0 aliphatic rings. The van der Waals surface area contributed by atoms with E-state index < -0.39 is 17.3 Å². The van der Waals surface area contributed by atoms with Gasteiger partial charge in [0.15, 0.2) is 0 Å². The van der Waals surface area contributed by atoms with Crippen molar-refractivity contribution in [2.45, 2.75) is 13.5 Å². The molecule has 0 atom stereocenters. The molecule has 1 heterocycles. The summed E-state index contributed by atoms with van der Waals surface area (Å²) in [6.07, 6.45) is 0. The second-order valence-corrected chi connectivity index (χ2v) is 4.57. The van der Waals surface area contributed by atoms with Crippen molar-refractivity contribution in [3.63, 3.8) is 0 Å². The van der Waals surface area contributed by atoms with Crippen molar-refractivity contribution < 1.29 is 19.0 Å². The molecule has 5 nitrogen and oxygen atoms in total. The van der Waals surface area contributed by atoms with Crippen LogP contribution in [0.25, 0.3) is 0 Å². The number of carbonyl (C=O) groups is 1. The minimum atomic E-state index is -1.32. The van der Waals surface area contributed by atoms with Crippen molar-refractivity contribution >= 4 is 17.6 Å². The normalized spacial score (nSPS) is 10.6. The summed E-state index contributed by atoms with van der Waals surface area (Å²) >= 11 is 6.05. The van der Waals surface area contributed by atoms with E-state index in [1.54, 1.807) is 14.0 Å². The third-order valence-corrected chi connectivity index (χ3v) is 3.30. The summed E-state index contributed by atoms with van der Waals surface area (Å²) in [7, 11) is 1.71. The highest BCUT2D eigenvalue weighted by Gasteiger charge is 2.14. The molecule has 1 aromatic carbocycles. The Hall–Kier alpha value is -2.08. The van der Waals surface area contributed by atoms with Crippen molar-refractivity contribution in [1.29, 1.82) is 0 Å². The summed E-state index contributed by atoms with van der Waals surface area (Å²) < 4.78 is 20.4. The summed E-state index contributed by atoms with van der Waals surface area (Å²) in [5.74, 6) is -1.93. The second kappa shape index (κ2) is 5.50. The minimum absolute atomic E-state index is 0.129. The van der Waals surface area contributed by atoms with Crippen LogP contribution in [-0.4, -0.2) is 20.9 Å². The fourth-order valence-electron chi connectivity index (χ4n) is 1.75. The van der Waals surface area contributed by atoms with E-state index in [2.05, 4.69) is 5.10 Å². The fourth-order valence-corrected chi connectivity index (χ4v) is 1.98. The van der Waals surface area contributed by atoms with Gasteiger partial charge in [-0.25, -0.2) is 9.18 Å². The third kappa shape index (κ3) is 2.75. The molecular weight excluding hydrogens is 287 g/mol. The molecule has 0 aliphatic heterocycles. The van der Waals surface area contributed by atoms with Crippen LogP contribution in [0, 0.1) is 12.7 Å². The predicted molar refractivity (Wildman–Crippen MR) is 70.6 cm³/mol. The maximum Gasteiger partial charge on any atom is 0.338 e. The van der Waals surface area contributed by atoms with E-state index in [0.717, 1.165) is 17.8 Å². The molecule has 0 bridgehead atoms. The number of carboxylic acids is 1. The van der Waals surface area contributed by atoms with Gasteiger partial charge < -0.3 is 9.84 Å². The van der Waals surface area contributed by atoms with Crippen molar-refractivity contribution in [2.24, 2.45) is 7.05 Å². The molecule has 0 unspecified atom stereocenters. The van der Waals surface area contributed by atoms with Crippen molar-refractivity contribution in [3.05, 3.63) is 46.0 Å². The molecule has 0 aliphatic carbocycles. The van der Waals surface area contributed by atoms with E-state index in [1.807, 2.05) is 0 Å². The molecule has 0 fully saturated rings. The van der Waals surface area contributed by atoms with Gasteiger partial charge in [-0.2, -0.15) is 5.10 Å². The third-order valence-electron chi connectivity index (χ3n) is 2.82. The van der Waals surface area contributed by atoms with Gasteiger partial charge >= 0.3 is 5.97 Å². The van der Waals surface area contributed by atoms with Crippen LogP contribution >= 0.6 is 11.6 Å². The number of aryl methyl sites for hydroxylation is 2. The fraction of sp³-hybridized carbons (Fsp3) is 0.231. The van der Waals surface area contributed by atoms with E-state index >= 15 is 0 Å². The number of nitrogens with zero attached hydrogens (tertiary/aromatic N) is 2. The molecule has 1 N–H and O–H groups in total. The number of hydrogen-bond acceptors (Lipinski definition) is 3. The molecule has 0 radical (unpaired) electrons. The molecule has 20 heavy (non-hydrogen) atoms. The van der Waals surface area contributed by atoms with E-state index in [9.17, 15) is 9.18 Å². The average Bonchev–Trinajstić information content (AvgIpc) is 2.61. The Labute approximate surface area is 119 Å². The Bertz CT molecular complexity index is 670. The van der Waals surface area contributed by atoms with Crippen LogP contribution in [0.15, 0.2) is 18.2 Å². The number of aromatic carboxylic acids is 1.